The molecule has 4 nitrogen and oxygen atoms in total. The van der Waals surface area contributed by atoms with Crippen molar-refractivity contribution < 1.29 is 5.21 Å². The number of oxime groups is 1. The first-order valence-electron chi connectivity index (χ1n) is 4.52. The van der Waals surface area contributed by atoms with Crippen LogP contribution in [0.1, 0.15) is 5.56 Å². The first kappa shape index (κ1) is 9.33. The maximum Gasteiger partial charge on any atom is 0.170 e. The van der Waals surface area contributed by atoms with E-state index in [9.17, 15) is 0 Å². The Morgan fingerprint density at radius 3 is 2.27 bits per heavy atom. The summed E-state index contributed by atoms with van der Waals surface area (Å²) in [7, 11) is 0. The fraction of sp³-hybridized carbons (Fsp3) is 0. The number of hydrogen-bond donors (Lipinski definition) is 2. The predicted molar refractivity (Wildman–Crippen MR) is 58.3 cm³/mol. The minimum atomic E-state index is 0.119. The van der Waals surface area contributed by atoms with Gasteiger partial charge in [0.15, 0.2) is 5.84 Å². The minimum absolute atomic E-state index is 0.119. The van der Waals surface area contributed by atoms with Gasteiger partial charge in [-0.25, -0.2) is 0 Å². The topological polar surface area (TPSA) is 63.5 Å². The average molecular weight is 201 g/mol. The molecule has 15 heavy (non-hydrogen) atoms. The number of aromatic nitrogens is 1. The normalized spacial score (nSPS) is 11.6. The van der Waals surface area contributed by atoms with Gasteiger partial charge in [-0.3, -0.25) is 0 Å². The van der Waals surface area contributed by atoms with Gasteiger partial charge in [0.2, 0.25) is 0 Å². The molecule has 0 atom stereocenters. The van der Waals surface area contributed by atoms with E-state index in [1.165, 1.54) is 0 Å². The highest BCUT2D eigenvalue weighted by Gasteiger charge is 1.99. The molecule has 0 fully saturated rings. The van der Waals surface area contributed by atoms with Crippen molar-refractivity contribution in [3.63, 3.8) is 0 Å². The van der Waals surface area contributed by atoms with Crippen molar-refractivity contribution in [3.05, 3.63) is 54.4 Å². The van der Waals surface area contributed by atoms with E-state index < -0.39 is 0 Å². The molecule has 0 aliphatic rings. The fourth-order valence-electron chi connectivity index (χ4n) is 1.37. The SMILES string of the molecule is N/C(=N\O)c1ccc(-n2cccc2)cc1. The van der Waals surface area contributed by atoms with Crippen LogP contribution in [-0.4, -0.2) is 15.6 Å². The molecule has 0 unspecified atom stereocenters. The monoisotopic (exact) mass is 201 g/mol. The molecule has 0 saturated heterocycles. The van der Waals surface area contributed by atoms with E-state index in [-0.39, 0.29) is 5.84 Å². The molecule has 0 bridgehead atoms. The van der Waals surface area contributed by atoms with Crippen molar-refractivity contribution >= 4 is 5.84 Å². The zero-order valence-corrected chi connectivity index (χ0v) is 8.04. The lowest BCUT2D eigenvalue weighted by Gasteiger charge is -2.03. The molecule has 3 N–H and O–H groups in total. The molecule has 1 aromatic heterocycles. The van der Waals surface area contributed by atoms with E-state index in [1.807, 2.05) is 53.4 Å². The summed E-state index contributed by atoms with van der Waals surface area (Å²) in [6, 6.07) is 11.4. The van der Waals surface area contributed by atoms with Crippen molar-refractivity contribution in [2.75, 3.05) is 0 Å². The van der Waals surface area contributed by atoms with Crippen LogP contribution in [0, 0.1) is 0 Å². The van der Waals surface area contributed by atoms with Gasteiger partial charge in [-0.1, -0.05) is 5.16 Å². The van der Waals surface area contributed by atoms with Crippen LogP contribution in [0.25, 0.3) is 5.69 Å². The molecule has 4 heteroatoms. The minimum Gasteiger partial charge on any atom is -0.409 e. The van der Waals surface area contributed by atoms with E-state index in [0.717, 1.165) is 5.69 Å². The lowest BCUT2D eigenvalue weighted by atomic mass is 10.2. The Labute approximate surface area is 87.3 Å². The van der Waals surface area contributed by atoms with Gasteiger partial charge in [0.05, 0.1) is 0 Å². The van der Waals surface area contributed by atoms with Gasteiger partial charge in [0, 0.05) is 23.6 Å². The molecular weight excluding hydrogens is 190 g/mol. The summed E-state index contributed by atoms with van der Waals surface area (Å²) in [5.41, 5.74) is 7.20. The molecule has 0 aliphatic carbocycles. The van der Waals surface area contributed by atoms with Crippen LogP contribution in [0.5, 0.6) is 0 Å². The third-order valence-electron chi connectivity index (χ3n) is 2.17. The molecule has 0 aliphatic heterocycles. The highest BCUT2D eigenvalue weighted by atomic mass is 16.4. The molecule has 0 amide bonds. The standard InChI is InChI=1S/C11H11N3O/c12-11(13-15)9-3-5-10(6-4-9)14-7-1-2-8-14/h1-8,15H,(H2,12,13). The lowest BCUT2D eigenvalue weighted by Crippen LogP contribution is -2.12. The number of hydrogen-bond acceptors (Lipinski definition) is 2. The number of rotatable bonds is 2. The maximum atomic E-state index is 8.50. The first-order chi connectivity index (χ1) is 7.31. The van der Waals surface area contributed by atoms with E-state index in [0.29, 0.717) is 5.56 Å². The Bertz CT molecular complexity index is 457. The van der Waals surface area contributed by atoms with Crippen molar-refractivity contribution in [3.8, 4) is 5.69 Å². The van der Waals surface area contributed by atoms with Crippen LogP contribution < -0.4 is 5.73 Å². The van der Waals surface area contributed by atoms with Crippen molar-refractivity contribution in [1.82, 2.24) is 4.57 Å². The van der Waals surface area contributed by atoms with Crippen LogP contribution in [0.4, 0.5) is 0 Å². The maximum absolute atomic E-state index is 8.50. The third kappa shape index (κ3) is 1.83. The van der Waals surface area contributed by atoms with E-state index >= 15 is 0 Å². The zero-order chi connectivity index (χ0) is 10.7. The second kappa shape index (κ2) is 3.88. The molecule has 0 spiro atoms. The highest BCUT2D eigenvalue weighted by molar-refractivity contribution is 5.97. The Morgan fingerprint density at radius 1 is 1.13 bits per heavy atom. The fourth-order valence-corrected chi connectivity index (χ4v) is 1.37. The van der Waals surface area contributed by atoms with Gasteiger partial charge in [0.1, 0.15) is 0 Å². The quantitative estimate of drug-likeness (QED) is 0.335. The Balaban J connectivity index is 2.33. The summed E-state index contributed by atoms with van der Waals surface area (Å²) in [4.78, 5) is 0. The van der Waals surface area contributed by atoms with Crippen molar-refractivity contribution in [1.29, 1.82) is 0 Å². The molecule has 0 radical (unpaired) electrons. The summed E-state index contributed by atoms with van der Waals surface area (Å²) in [6.45, 7) is 0. The van der Waals surface area contributed by atoms with Gasteiger partial charge >= 0.3 is 0 Å². The lowest BCUT2D eigenvalue weighted by molar-refractivity contribution is 0.318. The van der Waals surface area contributed by atoms with Gasteiger partial charge in [-0.05, 0) is 36.4 Å². The summed E-state index contributed by atoms with van der Waals surface area (Å²) < 4.78 is 1.98. The van der Waals surface area contributed by atoms with Crippen molar-refractivity contribution in [2.24, 2.45) is 10.9 Å². The van der Waals surface area contributed by atoms with Crippen LogP contribution in [-0.2, 0) is 0 Å². The van der Waals surface area contributed by atoms with Gasteiger partial charge < -0.3 is 15.5 Å². The summed E-state index contributed by atoms with van der Waals surface area (Å²) in [6.07, 6.45) is 3.91. The van der Waals surface area contributed by atoms with E-state index in [1.54, 1.807) is 0 Å². The van der Waals surface area contributed by atoms with Crippen molar-refractivity contribution in [2.45, 2.75) is 0 Å². The number of nitrogens with zero attached hydrogens (tertiary/aromatic N) is 2. The second-order valence-corrected chi connectivity index (χ2v) is 3.12. The van der Waals surface area contributed by atoms with Crippen LogP contribution in [0.15, 0.2) is 53.9 Å². The van der Waals surface area contributed by atoms with Gasteiger partial charge in [0.25, 0.3) is 0 Å². The van der Waals surface area contributed by atoms with Crippen LogP contribution in [0.2, 0.25) is 0 Å². The molecule has 1 aromatic carbocycles. The average Bonchev–Trinajstić information content (AvgIpc) is 2.82. The van der Waals surface area contributed by atoms with E-state index in [2.05, 4.69) is 5.16 Å². The van der Waals surface area contributed by atoms with Crippen LogP contribution in [0.3, 0.4) is 0 Å². The Kier molecular flexibility index (Phi) is 2.41. The molecule has 0 saturated carbocycles. The highest BCUT2D eigenvalue weighted by Crippen LogP contribution is 2.09. The molecule has 76 valence electrons. The zero-order valence-electron chi connectivity index (χ0n) is 8.04. The first-order valence-corrected chi connectivity index (χ1v) is 4.52. The number of amidine groups is 1. The summed E-state index contributed by atoms with van der Waals surface area (Å²) in [5.74, 6) is 0.119. The van der Waals surface area contributed by atoms with Gasteiger partial charge in [-0.15, -0.1) is 0 Å². The molecule has 2 aromatic rings. The molecule has 2 rings (SSSR count). The Hall–Kier alpha value is -2.23. The van der Waals surface area contributed by atoms with Crippen LogP contribution >= 0.6 is 0 Å². The molecule has 1 heterocycles. The van der Waals surface area contributed by atoms with Gasteiger partial charge in [-0.2, -0.15) is 0 Å². The number of nitrogens with two attached hydrogens (primary N) is 1. The second-order valence-electron chi connectivity index (χ2n) is 3.12. The molecular formula is C11H11N3O. The summed E-state index contributed by atoms with van der Waals surface area (Å²) >= 11 is 0. The third-order valence-corrected chi connectivity index (χ3v) is 2.17. The smallest absolute Gasteiger partial charge is 0.170 e. The largest absolute Gasteiger partial charge is 0.409 e. The Morgan fingerprint density at radius 2 is 1.73 bits per heavy atom. The summed E-state index contributed by atoms with van der Waals surface area (Å²) in [5, 5.41) is 11.4. The number of benzene rings is 1. The predicted octanol–water partition coefficient (Wildman–Crippen LogP) is 1.57. The van der Waals surface area contributed by atoms with E-state index in [4.69, 9.17) is 10.9 Å².